The molecule has 0 aliphatic carbocycles. The number of para-hydroxylation sites is 2. The maximum absolute atomic E-state index is 5.39. The highest BCUT2D eigenvalue weighted by Gasteiger charge is 2.24. The minimum atomic E-state index is 0.512. The minimum Gasteiger partial charge on any atom is -0.309 e. The first kappa shape index (κ1) is 68.0. The molecule has 0 saturated heterocycles. The monoisotopic (exact) mass is 1480 g/mol. The molecule has 0 spiro atoms. The molecule has 21 aromatic rings. The molecule has 0 atom stereocenters. The van der Waals surface area contributed by atoms with Crippen molar-refractivity contribution in [1.82, 2.24) is 68.9 Å². The molecule has 0 aliphatic heterocycles. The summed E-state index contributed by atoms with van der Waals surface area (Å²) in [7, 11) is 0. The van der Waals surface area contributed by atoms with Gasteiger partial charge >= 0.3 is 0 Å². The topological polar surface area (TPSA) is 165 Å². The Morgan fingerprint density at radius 2 is 0.319 bits per heavy atom. The fourth-order valence-electron chi connectivity index (χ4n) is 15.5. The first-order valence-electron chi connectivity index (χ1n) is 38.4. The molecule has 0 saturated carbocycles. The van der Waals surface area contributed by atoms with Crippen LogP contribution >= 0.6 is 0 Å². The molecule has 542 valence electrons. The third-order valence-corrected chi connectivity index (χ3v) is 21.1. The molecule has 6 aromatic heterocycles. The maximum atomic E-state index is 5.39. The lowest BCUT2D eigenvalue weighted by Gasteiger charge is -2.16. The molecule has 0 aliphatic rings. The molecule has 0 N–H and O–H groups in total. The van der Waals surface area contributed by atoms with Crippen LogP contribution in [0.3, 0.4) is 0 Å². The first-order chi connectivity index (χ1) is 57.4. The van der Waals surface area contributed by atoms with E-state index in [-0.39, 0.29) is 0 Å². The Bertz CT molecular complexity index is 6630. The summed E-state index contributed by atoms with van der Waals surface area (Å²) in [6, 6.07) is 133. The summed E-state index contributed by atoms with van der Waals surface area (Å²) in [5.74, 6) is 6.73. The molecule has 0 fully saturated rings. The van der Waals surface area contributed by atoms with Gasteiger partial charge in [0.1, 0.15) is 0 Å². The number of nitrogens with zero attached hydrogens (tertiary/aromatic N) is 14. The van der Waals surface area contributed by atoms with Gasteiger partial charge in [-0.25, -0.2) is 59.8 Å². The number of fused-ring (bicyclic) bond motifs is 6. The lowest BCUT2D eigenvalue weighted by atomic mass is 9.95. The Hall–Kier alpha value is -16.1. The third-order valence-electron chi connectivity index (χ3n) is 21.1. The van der Waals surface area contributed by atoms with Crippen molar-refractivity contribution >= 4 is 43.6 Å². The van der Waals surface area contributed by atoms with Crippen molar-refractivity contribution in [2.75, 3.05) is 0 Å². The highest BCUT2D eigenvalue weighted by Crippen LogP contribution is 2.43. The van der Waals surface area contributed by atoms with Crippen molar-refractivity contribution < 1.29 is 0 Å². The van der Waals surface area contributed by atoms with Crippen LogP contribution in [-0.2, 0) is 0 Å². The normalized spacial score (nSPS) is 11.4. The summed E-state index contributed by atoms with van der Waals surface area (Å²) in [5.41, 5.74) is 19.8. The summed E-state index contributed by atoms with van der Waals surface area (Å²) < 4.78 is 4.70. The molecule has 0 bridgehead atoms. The first-order valence-corrected chi connectivity index (χ1v) is 38.4. The zero-order chi connectivity index (χ0) is 76.8. The average Bonchev–Trinajstić information content (AvgIpc) is 1.58. The molecule has 15 aromatic carbocycles. The summed E-state index contributed by atoms with van der Waals surface area (Å²) in [5, 5.41) is 4.15. The number of rotatable bonds is 16. The van der Waals surface area contributed by atoms with E-state index in [4.69, 9.17) is 59.8 Å². The predicted octanol–water partition coefficient (Wildman–Crippen LogP) is 24.0. The van der Waals surface area contributed by atoms with Gasteiger partial charge in [0.05, 0.1) is 22.1 Å². The molecule has 21 rings (SSSR count). The van der Waals surface area contributed by atoms with Crippen LogP contribution in [-0.4, -0.2) is 68.9 Å². The van der Waals surface area contributed by atoms with E-state index < -0.39 is 0 Å². The Labute approximate surface area is 667 Å². The smallest absolute Gasteiger partial charge is 0.164 e. The van der Waals surface area contributed by atoms with Gasteiger partial charge in [-0.3, -0.25) is 0 Å². The van der Waals surface area contributed by atoms with Gasteiger partial charge in [-0.2, -0.15) is 0 Å². The zero-order valence-corrected chi connectivity index (χ0v) is 62.2. The van der Waals surface area contributed by atoms with Crippen molar-refractivity contribution in [3.63, 3.8) is 0 Å². The Morgan fingerprint density at radius 3 is 0.586 bits per heavy atom. The third kappa shape index (κ3) is 13.0. The zero-order valence-electron chi connectivity index (χ0n) is 62.2. The van der Waals surface area contributed by atoms with Crippen LogP contribution in [0.25, 0.3) is 214 Å². The van der Waals surface area contributed by atoms with E-state index in [1.54, 1.807) is 0 Å². The molecule has 6 heterocycles. The molecular weight excluding hydrogens is 1420 g/mol. The van der Waals surface area contributed by atoms with Crippen LogP contribution in [0.2, 0.25) is 0 Å². The van der Waals surface area contributed by atoms with Gasteiger partial charge < -0.3 is 9.13 Å². The van der Waals surface area contributed by atoms with Crippen molar-refractivity contribution in [2.24, 2.45) is 0 Å². The van der Waals surface area contributed by atoms with E-state index in [1.807, 2.05) is 243 Å². The maximum Gasteiger partial charge on any atom is 0.164 e. The molecular formula is C102H64N14. The van der Waals surface area contributed by atoms with Crippen LogP contribution in [0, 0.1) is 0 Å². The number of hydrogen-bond donors (Lipinski definition) is 0. The average molecular weight is 1490 g/mol. The van der Waals surface area contributed by atoms with E-state index in [1.165, 1.54) is 0 Å². The quantitative estimate of drug-likeness (QED) is 0.0900. The molecule has 0 amide bonds. The van der Waals surface area contributed by atoms with E-state index in [0.717, 1.165) is 144 Å². The number of hydrogen-bond acceptors (Lipinski definition) is 12. The SMILES string of the molecule is c1ccc(-c2nc(-c3ccccc3)nc(-c3cc(-c4cccc(-c5cc(-c6nc(-c7ccccc7)nc(-c7ccccc7)n6)cc(-n6c7ccccc7c7cc(-c8nc(-c9ccccc9)nc(-c9ccccc9)n8)ccc76)c5)c4)cc(-n4c5ccccc5c5cc(-c6nc(-c7ccccc7)nc(-c7ccccc7)n6)ccc54)c3)n2)cc1. The second-order valence-corrected chi connectivity index (χ2v) is 28.4. The van der Waals surface area contributed by atoms with Crippen LogP contribution in [0.4, 0.5) is 0 Å². The molecule has 14 heteroatoms. The van der Waals surface area contributed by atoms with Gasteiger partial charge in [0, 0.05) is 99.7 Å². The van der Waals surface area contributed by atoms with Crippen LogP contribution in [0.15, 0.2) is 388 Å². The second-order valence-electron chi connectivity index (χ2n) is 28.4. The fourth-order valence-corrected chi connectivity index (χ4v) is 15.5. The summed E-state index contributed by atoms with van der Waals surface area (Å²) in [6.45, 7) is 0. The predicted molar refractivity (Wildman–Crippen MR) is 465 cm³/mol. The van der Waals surface area contributed by atoms with Gasteiger partial charge in [-0.05, 0) is 113 Å². The van der Waals surface area contributed by atoms with E-state index >= 15 is 0 Å². The van der Waals surface area contributed by atoms with Gasteiger partial charge in [0.15, 0.2) is 69.9 Å². The minimum absolute atomic E-state index is 0.512. The highest BCUT2D eigenvalue weighted by molar-refractivity contribution is 6.12. The van der Waals surface area contributed by atoms with Gasteiger partial charge in [-0.1, -0.05) is 297 Å². The lowest BCUT2D eigenvalue weighted by Crippen LogP contribution is -2.02. The largest absolute Gasteiger partial charge is 0.309 e. The Balaban J connectivity index is 0.766. The standard InChI is InChI=1S/C102H64N14/c1-9-30-65(31-10-1)91-103-92(66-32-11-2-12-33-66)108-99(107-91)75-52-54-89-85(63-75)83-48-25-27-50-87(83)115(89)81-59-77(57-79(61-81)101-111-95(69-38-17-5-18-39-69)105-96(112-101)70-40-19-6-20-41-70)73-46-29-47-74(56-73)78-58-80(102-113-97(71-42-21-7-22-43-71)106-98(114-102)72-44-23-8-24-45-72)62-82(60-78)116-88-51-28-26-49-84(88)86-64-76(53-55-90(86)116)100-109-93(67-34-13-3-14-35-67)104-94(110-100)68-36-15-4-16-37-68/h1-64H. The van der Waals surface area contributed by atoms with Gasteiger partial charge in [0.25, 0.3) is 0 Å². The van der Waals surface area contributed by atoms with E-state index in [9.17, 15) is 0 Å². The summed E-state index contributed by atoms with van der Waals surface area (Å²) >= 11 is 0. The van der Waals surface area contributed by atoms with Crippen LogP contribution in [0.5, 0.6) is 0 Å². The van der Waals surface area contributed by atoms with E-state index in [0.29, 0.717) is 69.9 Å². The Kier molecular flexibility index (Phi) is 17.2. The highest BCUT2D eigenvalue weighted by atomic mass is 15.1. The van der Waals surface area contributed by atoms with Crippen LogP contribution in [0.1, 0.15) is 0 Å². The summed E-state index contributed by atoms with van der Waals surface area (Å²) in [4.78, 5) is 62.7. The molecule has 116 heavy (non-hydrogen) atoms. The van der Waals surface area contributed by atoms with Gasteiger partial charge in [0.2, 0.25) is 0 Å². The second kappa shape index (κ2) is 29.3. The fraction of sp³-hybridized carbons (Fsp3) is 0. The lowest BCUT2D eigenvalue weighted by molar-refractivity contribution is 1.07. The molecule has 0 unspecified atom stereocenters. The van der Waals surface area contributed by atoms with Crippen molar-refractivity contribution in [3.05, 3.63) is 388 Å². The molecule has 0 radical (unpaired) electrons. The summed E-state index contributed by atoms with van der Waals surface area (Å²) in [6.07, 6.45) is 0. The van der Waals surface area contributed by atoms with Gasteiger partial charge in [-0.15, -0.1) is 0 Å². The number of benzene rings is 15. The van der Waals surface area contributed by atoms with Crippen molar-refractivity contribution in [1.29, 1.82) is 0 Å². The van der Waals surface area contributed by atoms with Crippen molar-refractivity contribution in [2.45, 2.75) is 0 Å². The number of aromatic nitrogens is 14. The Morgan fingerprint density at radius 1 is 0.121 bits per heavy atom. The molecule has 14 nitrogen and oxygen atoms in total. The van der Waals surface area contributed by atoms with Crippen LogP contribution < -0.4 is 0 Å². The van der Waals surface area contributed by atoms with Crippen molar-refractivity contribution in [3.8, 4) is 170 Å². The van der Waals surface area contributed by atoms with E-state index in [2.05, 4.69) is 155 Å².